The quantitative estimate of drug-likeness (QED) is 0.847. The number of anilines is 1. The smallest absolute Gasteiger partial charge is 0.341 e. The Morgan fingerprint density at radius 2 is 2.28 bits per heavy atom. The molecule has 6 heteroatoms. The van der Waals surface area contributed by atoms with E-state index in [4.69, 9.17) is 5.11 Å². The van der Waals surface area contributed by atoms with Gasteiger partial charge >= 0.3 is 5.97 Å². The first-order chi connectivity index (χ1) is 8.66. The fourth-order valence-electron chi connectivity index (χ4n) is 1.45. The van der Waals surface area contributed by atoms with Gasteiger partial charge in [-0.15, -0.1) is 0 Å². The van der Waals surface area contributed by atoms with Gasteiger partial charge in [0.25, 0.3) is 0 Å². The highest BCUT2D eigenvalue weighted by atomic mass is 16.4. The third-order valence-corrected chi connectivity index (χ3v) is 2.32. The van der Waals surface area contributed by atoms with Crippen molar-refractivity contribution < 1.29 is 9.90 Å². The van der Waals surface area contributed by atoms with Crippen LogP contribution in [0.4, 0.5) is 5.82 Å². The Bertz CT molecular complexity index is 557. The molecule has 92 valence electrons. The van der Waals surface area contributed by atoms with E-state index < -0.39 is 5.97 Å². The Morgan fingerprint density at radius 3 is 2.94 bits per heavy atom. The van der Waals surface area contributed by atoms with Gasteiger partial charge in [0.05, 0.1) is 0 Å². The SMILES string of the molecule is Cc1ncc(C(=O)O)c(NCc2cccnc2)n1. The lowest BCUT2D eigenvalue weighted by atomic mass is 10.2. The van der Waals surface area contributed by atoms with Gasteiger partial charge in [0.15, 0.2) is 0 Å². The molecule has 2 aromatic heterocycles. The van der Waals surface area contributed by atoms with Crippen LogP contribution in [0.2, 0.25) is 0 Å². The minimum Gasteiger partial charge on any atom is -0.477 e. The summed E-state index contributed by atoms with van der Waals surface area (Å²) in [5.41, 5.74) is 1.01. The Kier molecular flexibility index (Phi) is 3.47. The summed E-state index contributed by atoms with van der Waals surface area (Å²) in [6.45, 7) is 2.17. The van der Waals surface area contributed by atoms with Crippen molar-refractivity contribution in [2.45, 2.75) is 13.5 Å². The molecule has 0 atom stereocenters. The van der Waals surface area contributed by atoms with Crippen LogP contribution in [-0.4, -0.2) is 26.0 Å². The molecule has 0 aliphatic rings. The summed E-state index contributed by atoms with van der Waals surface area (Å²) in [4.78, 5) is 23.0. The van der Waals surface area contributed by atoms with Crippen molar-refractivity contribution in [2.24, 2.45) is 0 Å². The molecule has 0 fully saturated rings. The van der Waals surface area contributed by atoms with Crippen molar-refractivity contribution in [2.75, 3.05) is 5.32 Å². The van der Waals surface area contributed by atoms with E-state index in [9.17, 15) is 4.79 Å². The van der Waals surface area contributed by atoms with Crippen LogP contribution in [0.5, 0.6) is 0 Å². The maximum absolute atomic E-state index is 11.0. The molecule has 2 heterocycles. The number of rotatable bonds is 4. The first-order valence-corrected chi connectivity index (χ1v) is 5.36. The van der Waals surface area contributed by atoms with Gasteiger partial charge in [-0.1, -0.05) is 6.07 Å². The lowest BCUT2D eigenvalue weighted by Crippen LogP contribution is -2.10. The molecule has 2 rings (SSSR count). The highest BCUT2D eigenvalue weighted by molar-refractivity contribution is 5.92. The van der Waals surface area contributed by atoms with E-state index in [-0.39, 0.29) is 5.56 Å². The summed E-state index contributed by atoms with van der Waals surface area (Å²) in [6.07, 6.45) is 4.69. The highest BCUT2D eigenvalue weighted by Crippen LogP contribution is 2.12. The molecule has 0 aliphatic carbocycles. The standard InChI is InChI=1S/C12H12N4O2/c1-8-14-7-10(12(17)18)11(16-8)15-6-9-3-2-4-13-5-9/h2-5,7H,6H2,1H3,(H,17,18)(H,14,15,16). The highest BCUT2D eigenvalue weighted by Gasteiger charge is 2.12. The van der Waals surface area contributed by atoms with Gasteiger partial charge in [-0.25, -0.2) is 14.8 Å². The van der Waals surface area contributed by atoms with Crippen LogP contribution in [-0.2, 0) is 6.54 Å². The van der Waals surface area contributed by atoms with Crippen LogP contribution in [0.25, 0.3) is 0 Å². The number of aromatic carboxylic acids is 1. The number of aromatic nitrogens is 3. The topological polar surface area (TPSA) is 88.0 Å². The van der Waals surface area contributed by atoms with Crippen LogP contribution in [0.3, 0.4) is 0 Å². The Labute approximate surface area is 104 Å². The van der Waals surface area contributed by atoms with E-state index in [1.807, 2.05) is 12.1 Å². The van der Waals surface area contributed by atoms with Gasteiger partial charge < -0.3 is 10.4 Å². The first-order valence-electron chi connectivity index (χ1n) is 5.36. The second-order valence-corrected chi connectivity index (χ2v) is 3.70. The molecule has 0 aliphatic heterocycles. The zero-order chi connectivity index (χ0) is 13.0. The number of hydrogen-bond donors (Lipinski definition) is 2. The van der Waals surface area contributed by atoms with Crippen molar-refractivity contribution in [3.05, 3.63) is 47.7 Å². The van der Waals surface area contributed by atoms with E-state index in [0.717, 1.165) is 5.56 Å². The third kappa shape index (κ3) is 2.79. The zero-order valence-electron chi connectivity index (χ0n) is 9.79. The van der Waals surface area contributed by atoms with E-state index in [0.29, 0.717) is 18.2 Å². The molecule has 0 saturated heterocycles. The summed E-state index contributed by atoms with van der Waals surface area (Å²) in [5, 5.41) is 12.0. The summed E-state index contributed by atoms with van der Waals surface area (Å²) >= 11 is 0. The summed E-state index contributed by atoms with van der Waals surface area (Å²) in [6, 6.07) is 3.72. The normalized spacial score (nSPS) is 10.1. The van der Waals surface area contributed by atoms with E-state index >= 15 is 0 Å². The summed E-state index contributed by atoms with van der Waals surface area (Å²) in [7, 11) is 0. The molecular formula is C12H12N4O2. The molecule has 0 spiro atoms. The third-order valence-electron chi connectivity index (χ3n) is 2.32. The number of carboxylic acids is 1. The van der Waals surface area contributed by atoms with E-state index in [1.165, 1.54) is 6.20 Å². The van der Waals surface area contributed by atoms with Crippen molar-refractivity contribution in [3.8, 4) is 0 Å². The lowest BCUT2D eigenvalue weighted by molar-refractivity contribution is 0.0697. The predicted octanol–water partition coefficient (Wildman–Crippen LogP) is 1.49. The van der Waals surface area contributed by atoms with Gasteiger partial charge in [0.2, 0.25) is 0 Å². The Morgan fingerprint density at radius 1 is 1.44 bits per heavy atom. The van der Waals surface area contributed by atoms with Crippen LogP contribution in [0.15, 0.2) is 30.7 Å². The summed E-state index contributed by atoms with van der Waals surface area (Å²) in [5.74, 6) is -0.212. The molecule has 0 radical (unpaired) electrons. The number of carboxylic acid groups (broad SMARTS) is 1. The second kappa shape index (κ2) is 5.22. The van der Waals surface area contributed by atoms with E-state index in [1.54, 1.807) is 19.3 Å². The number of nitrogens with zero attached hydrogens (tertiary/aromatic N) is 3. The Hall–Kier alpha value is -2.50. The molecular weight excluding hydrogens is 232 g/mol. The van der Waals surface area contributed by atoms with Gasteiger partial charge in [-0.2, -0.15) is 0 Å². The van der Waals surface area contributed by atoms with Crippen molar-refractivity contribution >= 4 is 11.8 Å². The van der Waals surface area contributed by atoms with Gasteiger partial charge in [0, 0.05) is 25.1 Å². The van der Waals surface area contributed by atoms with Crippen LogP contribution < -0.4 is 5.32 Å². The first kappa shape index (κ1) is 12.0. The number of hydrogen-bond acceptors (Lipinski definition) is 5. The number of nitrogens with one attached hydrogen (secondary N) is 1. The fourth-order valence-corrected chi connectivity index (χ4v) is 1.45. The van der Waals surface area contributed by atoms with Gasteiger partial charge in [0.1, 0.15) is 17.2 Å². The van der Waals surface area contributed by atoms with Crippen LogP contribution in [0.1, 0.15) is 21.7 Å². The number of pyridine rings is 1. The molecule has 0 saturated carbocycles. The molecule has 0 unspecified atom stereocenters. The second-order valence-electron chi connectivity index (χ2n) is 3.70. The van der Waals surface area contributed by atoms with Crippen LogP contribution in [0, 0.1) is 6.92 Å². The molecule has 0 aromatic carbocycles. The van der Waals surface area contributed by atoms with Crippen molar-refractivity contribution in [1.82, 2.24) is 15.0 Å². The molecule has 6 nitrogen and oxygen atoms in total. The molecule has 0 amide bonds. The molecule has 18 heavy (non-hydrogen) atoms. The van der Waals surface area contributed by atoms with Crippen LogP contribution >= 0.6 is 0 Å². The molecule has 2 N–H and O–H groups in total. The lowest BCUT2D eigenvalue weighted by Gasteiger charge is -2.08. The maximum Gasteiger partial charge on any atom is 0.341 e. The molecule has 2 aromatic rings. The summed E-state index contributed by atoms with van der Waals surface area (Å²) < 4.78 is 0. The average molecular weight is 244 g/mol. The van der Waals surface area contributed by atoms with Crippen molar-refractivity contribution in [1.29, 1.82) is 0 Å². The predicted molar refractivity (Wildman–Crippen MR) is 65.3 cm³/mol. The van der Waals surface area contributed by atoms with Gasteiger partial charge in [-0.05, 0) is 18.6 Å². The monoisotopic (exact) mass is 244 g/mol. The minimum atomic E-state index is -1.05. The molecule has 0 bridgehead atoms. The van der Waals surface area contributed by atoms with E-state index in [2.05, 4.69) is 20.3 Å². The number of carbonyl (C=O) groups is 1. The average Bonchev–Trinajstić information content (AvgIpc) is 2.37. The maximum atomic E-state index is 11.0. The minimum absolute atomic E-state index is 0.0597. The number of aryl methyl sites for hydroxylation is 1. The fraction of sp³-hybridized carbons (Fsp3) is 0.167. The van der Waals surface area contributed by atoms with Crippen molar-refractivity contribution in [3.63, 3.8) is 0 Å². The zero-order valence-corrected chi connectivity index (χ0v) is 9.79. The Balaban J connectivity index is 2.18. The largest absolute Gasteiger partial charge is 0.477 e. The van der Waals surface area contributed by atoms with Gasteiger partial charge in [-0.3, -0.25) is 4.98 Å².